The summed E-state index contributed by atoms with van der Waals surface area (Å²) in [6.07, 6.45) is -1.73. The van der Waals surface area contributed by atoms with Crippen molar-refractivity contribution < 1.29 is 23.7 Å². The van der Waals surface area contributed by atoms with Crippen molar-refractivity contribution in [3.63, 3.8) is 0 Å². The topological polar surface area (TPSA) is 46.2 Å². The third-order valence-electron chi connectivity index (χ3n) is 6.86. The van der Waals surface area contributed by atoms with E-state index in [-0.39, 0.29) is 0 Å². The molecule has 0 aromatic heterocycles. The molecular formula is C34H36O5S. The van der Waals surface area contributed by atoms with E-state index in [9.17, 15) is 0 Å². The highest BCUT2D eigenvalue weighted by atomic mass is 32.1. The van der Waals surface area contributed by atoms with E-state index in [2.05, 4.69) is 24.3 Å². The molecule has 0 radical (unpaired) electrons. The molecule has 0 spiro atoms. The molecule has 1 fully saturated rings. The molecule has 0 saturated carbocycles. The molecule has 4 aromatic carbocycles. The van der Waals surface area contributed by atoms with Crippen LogP contribution in [0.3, 0.4) is 0 Å². The summed E-state index contributed by atoms with van der Waals surface area (Å²) in [4.78, 5) is 0. The Morgan fingerprint density at radius 2 is 0.850 bits per heavy atom. The molecule has 0 bridgehead atoms. The molecule has 0 unspecified atom stereocenters. The Morgan fingerprint density at radius 3 is 1.30 bits per heavy atom. The quantitative estimate of drug-likeness (QED) is 0.188. The summed E-state index contributed by atoms with van der Waals surface area (Å²) < 4.78 is 32.2. The summed E-state index contributed by atoms with van der Waals surface area (Å²) in [6.45, 7) is 2.06. The van der Waals surface area contributed by atoms with Crippen molar-refractivity contribution in [1.82, 2.24) is 0 Å². The number of rotatable bonds is 13. The lowest BCUT2D eigenvalue weighted by atomic mass is 9.98. The molecule has 0 amide bonds. The van der Waals surface area contributed by atoms with Crippen LogP contribution >= 0.6 is 12.6 Å². The predicted molar refractivity (Wildman–Crippen MR) is 159 cm³/mol. The largest absolute Gasteiger partial charge is 0.374 e. The van der Waals surface area contributed by atoms with Crippen molar-refractivity contribution in [3.8, 4) is 0 Å². The highest BCUT2D eigenvalue weighted by Crippen LogP contribution is 2.32. The fourth-order valence-electron chi connectivity index (χ4n) is 4.77. The van der Waals surface area contributed by atoms with Gasteiger partial charge in [0.05, 0.1) is 33.0 Å². The van der Waals surface area contributed by atoms with Crippen LogP contribution in [0.15, 0.2) is 121 Å². The van der Waals surface area contributed by atoms with Gasteiger partial charge >= 0.3 is 0 Å². The van der Waals surface area contributed by atoms with Crippen molar-refractivity contribution in [3.05, 3.63) is 144 Å². The first kappa shape index (κ1) is 28.6. The minimum atomic E-state index is -0.522. The van der Waals surface area contributed by atoms with Gasteiger partial charge in [-0.25, -0.2) is 0 Å². The molecule has 0 aliphatic carbocycles. The van der Waals surface area contributed by atoms with Gasteiger partial charge in [-0.3, -0.25) is 0 Å². The Kier molecular flexibility index (Phi) is 10.8. The maximum Gasteiger partial charge on any atom is 0.129 e. The molecule has 4 aromatic rings. The Bertz CT molecular complexity index is 1240. The lowest BCUT2D eigenvalue weighted by molar-refractivity contribution is -0.254. The van der Waals surface area contributed by atoms with Gasteiger partial charge in [-0.2, -0.15) is 0 Å². The van der Waals surface area contributed by atoms with Crippen LogP contribution in [0.2, 0.25) is 0 Å². The number of ether oxygens (including phenoxy) is 5. The summed E-state index contributed by atoms with van der Waals surface area (Å²) in [5, 5.41) is 0. The van der Waals surface area contributed by atoms with Crippen LogP contribution in [-0.2, 0) is 50.1 Å². The summed E-state index contributed by atoms with van der Waals surface area (Å²) >= 11 is 4.83. The van der Waals surface area contributed by atoms with Gasteiger partial charge in [0.15, 0.2) is 0 Å². The van der Waals surface area contributed by atoms with Crippen LogP contribution in [0.5, 0.6) is 0 Å². The van der Waals surface area contributed by atoms with Crippen LogP contribution in [-0.4, -0.2) is 36.5 Å². The van der Waals surface area contributed by atoms with Crippen molar-refractivity contribution in [2.24, 2.45) is 0 Å². The molecule has 208 valence electrons. The maximum absolute atomic E-state index is 6.60. The molecule has 5 rings (SSSR count). The molecule has 0 N–H and O–H groups in total. The van der Waals surface area contributed by atoms with Crippen molar-refractivity contribution >= 4 is 12.6 Å². The zero-order valence-corrected chi connectivity index (χ0v) is 23.4. The minimum Gasteiger partial charge on any atom is -0.374 e. The van der Waals surface area contributed by atoms with E-state index in [0.29, 0.717) is 33.0 Å². The zero-order chi connectivity index (χ0) is 27.4. The van der Waals surface area contributed by atoms with Crippen molar-refractivity contribution in [1.29, 1.82) is 0 Å². The second kappa shape index (κ2) is 15.1. The van der Waals surface area contributed by atoms with Crippen LogP contribution in [0, 0.1) is 0 Å². The van der Waals surface area contributed by atoms with Crippen LogP contribution in [0.1, 0.15) is 22.3 Å². The van der Waals surface area contributed by atoms with Crippen LogP contribution < -0.4 is 0 Å². The lowest BCUT2D eigenvalue weighted by Crippen LogP contribution is -2.59. The van der Waals surface area contributed by atoms with Gasteiger partial charge in [-0.1, -0.05) is 121 Å². The summed E-state index contributed by atoms with van der Waals surface area (Å²) in [7, 11) is 0. The smallest absolute Gasteiger partial charge is 0.129 e. The van der Waals surface area contributed by atoms with Gasteiger partial charge in [-0.05, 0) is 22.3 Å². The van der Waals surface area contributed by atoms with E-state index in [0.717, 1.165) is 22.3 Å². The first-order valence-corrected chi connectivity index (χ1v) is 14.2. The van der Waals surface area contributed by atoms with Crippen LogP contribution in [0.4, 0.5) is 0 Å². The summed E-state index contributed by atoms with van der Waals surface area (Å²) in [6, 6.07) is 40.4. The first-order valence-electron chi connectivity index (χ1n) is 13.7. The van der Waals surface area contributed by atoms with Gasteiger partial charge in [-0.15, -0.1) is 12.6 Å². The molecule has 1 aliphatic rings. The van der Waals surface area contributed by atoms with E-state index in [4.69, 9.17) is 36.3 Å². The Morgan fingerprint density at radius 1 is 0.475 bits per heavy atom. The van der Waals surface area contributed by atoms with E-state index in [1.54, 1.807) is 0 Å². The molecular weight excluding hydrogens is 520 g/mol. The molecule has 1 aliphatic heterocycles. The lowest BCUT2D eigenvalue weighted by Gasteiger charge is -2.45. The highest BCUT2D eigenvalue weighted by molar-refractivity contribution is 7.80. The molecule has 5 atom stereocenters. The highest BCUT2D eigenvalue weighted by Gasteiger charge is 2.47. The van der Waals surface area contributed by atoms with Crippen molar-refractivity contribution in [2.45, 2.75) is 56.3 Å². The molecule has 40 heavy (non-hydrogen) atoms. The molecule has 5 nitrogen and oxygen atoms in total. The summed E-state index contributed by atoms with van der Waals surface area (Å²) in [5.41, 5.74) is 3.79. The average Bonchev–Trinajstić information content (AvgIpc) is 3.01. The van der Waals surface area contributed by atoms with Gasteiger partial charge in [0, 0.05) is 0 Å². The number of benzene rings is 4. The fraction of sp³-hybridized carbons (Fsp3) is 0.294. The van der Waals surface area contributed by atoms with E-state index in [1.165, 1.54) is 0 Å². The fourth-order valence-corrected chi connectivity index (χ4v) is 5.18. The SMILES string of the molecule is S[C@@H]1O[C@H](COCc2ccccc2)[C@H](OCc2ccccc2)[C@H](OCc2ccccc2)[C@H]1OCc1ccccc1. The standard InChI is InChI=1S/C34H36O5S/c40-34-33(38-24-29-19-11-4-12-20-29)32(37-23-28-17-9-3-10-18-28)31(36-22-27-15-7-2-8-16-27)30(39-34)25-35-21-26-13-5-1-6-14-26/h1-20,30-34,40H,21-25H2/t30-,31+,32+,33-,34+/m1/s1. The zero-order valence-electron chi connectivity index (χ0n) is 22.5. The van der Waals surface area contributed by atoms with Crippen molar-refractivity contribution in [2.75, 3.05) is 6.61 Å². The maximum atomic E-state index is 6.60. The first-order chi connectivity index (χ1) is 19.8. The van der Waals surface area contributed by atoms with E-state index < -0.39 is 29.9 Å². The van der Waals surface area contributed by atoms with Gasteiger partial charge < -0.3 is 23.7 Å². The monoisotopic (exact) mass is 556 g/mol. The Balaban J connectivity index is 1.36. The van der Waals surface area contributed by atoms with E-state index in [1.807, 2.05) is 97.1 Å². The normalized spacial score (nSPS) is 22.7. The molecule has 6 heteroatoms. The second-order valence-electron chi connectivity index (χ2n) is 9.85. The van der Waals surface area contributed by atoms with Gasteiger partial charge in [0.1, 0.15) is 29.9 Å². The Labute approximate surface area is 242 Å². The third-order valence-corrected chi connectivity index (χ3v) is 7.27. The van der Waals surface area contributed by atoms with Gasteiger partial charge in [0.2, 0.25) is 0 Å². The molecule has 1 heterocycles. The Hall–Kier alpha value is -2.97. The number of hydrogen-bond acceptors (Lipinski definition) is 6. The number of thiol groups is 1. The minimum absolute atomic E-state index is 0.335. The molecule has 1 saturated heterocycles. The van der Waals surface area contributed by atoms with E-state index >= 15 is 0 Å². The summed E-state index contributed by atoms with van der Waals surface area (Å²) in [5.74, 6) is 0. The predicted octanol–water partition coefficient (Wildman–Crippen LogP) is 6.61. The van der Waals surface area contributed by atoms with Gasteiger partial charge in [0.25, 0.3) is 0 Å². The average molecular weight is 557 g/mol. The third kappa shape index (κ3) is 8.27. The second-order valence-corrected chi connectivity index (χ2v) is 10.4. The van der Waals surface area contributed by atoms with Crippen LogP contribution in [0.25, 0.3) is 0 Å². The number of hydrogen-bond donors (Lipinski definition) is 1.